The lowest BCUT2D eigenvalue weighted by Crippen LogP contribution is -2.35. The largest absolute Gasteiger partial charge is 0.493 e. The van der Waals surface area contributed by atoms with Gasteiger partial charge >= 0.3 is 0 Å². The molecule has 0 N–H and O–H groups in total. The van der Waals surface area contributed by atoms with Gasteiger partial charge in [-0.2, -0.15) is 0 Å². The number of benzene rings is 1. The van der Waals surface area contributed by atoms with E-state index in [2.05, 4.69) is 28.1 Å². The van der Waals surface area contributed by atoms with E-state index in [1.54, 1.807) is 6.20 Å². The van der Waals surface area contributed by atoms with Crippen molar-refractivity contribution in [3.05, 3.63) is 59.4 Å². The Balaban J connectivity index is 1.27. The smallest absolute Gasteiger partial charge is 0.222 e. The summed E-state index contributed by atoms with van der Waals surface area (Å²) >= 11 is 0. The molecule has 1 aromatic heterocycles. The van der Waals surface area contributed by atoms with Gasteiger partial charge in [0.05, 0.1) is 6.61 Å². The quantitative estimate of drug-likeness (QED) is 0.817. The fraction of sp³-hybridized carbons (Fsp3) is 0.455. The standard InChI is InChI=1S/C22H27N3O2/c26-22(7-5-18-3-1-9-23-16-18)25-11-2-10-24(12-13-25)17-19-4-6-21-20(15-19)8-14-27-21/h1,3-4,6,9,15-16H,2,5,7-8,10-14,17H2. The second kappa shape index (κ2) is 8.53. The van der Waals surface area contributed by atoms with Crippen molar-refractivity contribution in [1.82, 2.24) is 14.8 Å². The summed E-state index contributed by atoms with van der Waals surface area (Å²) in [4.78, 5) is 21.2. The van der Waals surface area contributed by atoms with E-state index in [4.69, 9.17) is 4.74 Å². The predicted molar refractivity (Wildman–Crippen MR) is 105 cm³/mol. The first kappa shape index (κ1) is 18.0. The molecule has 142 valence electrons. The van der Waals surface area contributed by atoms with E-state index >= 15 is 0 Å². The van der Waals surface area contributed by atoms with Gasteiger partial charge in [-0.25, -0.2) is 0 Å². The molecule has 2 aliphatic rings. The van der Waals surface area contributed by atoms with Gasteiger partial charge in [-0.3, -0.25) is 14.7 Å². The van der Waals surface area contributed by atoms with Crippen molar-refractivity contribution >= 4 is 5.91 Å². The maximum absolute atomic E-state index is 12.6. The molecule has 4 rings (SSSR count). The molecule has 27 heavy (non-hydrogen) atoms. The first-order valence-corrected chi connectivity index (χ1v) is 9.91. The first-order chi connectivity index (χ1) is 13.3. The molecule has 0 spiro atoms. The van der Waals surface area contributed by atoms with Crippen molar-refractivity contribution in [3.63, 3.8) is 0 Å². The molecule has 0 aliphatic carbocycles. The summed E-state index contributed by atoms with van der Waals surface area (Å²) in [5, 5.41) is 0. The van der Waals surface area contributed by atoms with Gasteiger partial charge in [0, 0.05) is 58.0 Å². The third-order valence-electron chi connectivity index (χ3n) is 5.45. The number of aromatic nitrogens is 1. The van der Waals surface area contributed by atoms with Gasteiger partial charge in [0.15, 0.2) is 0 Å². The SMILES string of the molecule is O=C(CCc1cccnc1)N1CCCN(Cc2ccc3c(c2)CCO3)CC1. The lowest BCUT2D eigenvalue weighted by atomic mass is 10.1. The number of carbonyl (C=O) groups excluding carboxylic acids is 1. The highest BCUT2D eigenvalue weighted by Crippen LogP contribution is 2.26. The number of amides is 1. The van der Waals surface area contributed by atoms with Gasteiger partial charge in [0.25, 0.3) is 0 Å². The van der Waals surface area contributed by atoms with Crippen LogP contribution in [0.25, 0.3) is 0 Å². The van der Waals surface area contributed by atoms with Crippen LogP contribution in [-0.2, 0) is 24.2 Å². The highest BCUT2D eigenvalue weighted by atomic mass is 16.5. The molecule has 1 amide bonds. The lowest BCUT2D eigenvalue weighted by molar-refractivity contribution is -0.131. The minimum Gasteiger partial charge on any atom is -0.493 e. The van der Waals surface area contributed by atoms with Crippen LogP contribution >= 0.6 is 0 Å². The predicted octanol–water partition coefficient (Wildman–Crippen LogP) is 2.68. The summed E-state index contributed by atoms with van der Waals surface area (Å²) in [6.07, 6.45) is 7.00. The molecule has 5 heteroatoms. The monoisotopic (exact) mass is 365 g/mol. The molecule has 0 atom stereocenters. The molecule has 2 aromatic rings. The summed E-state index contributed by atoms with van der Waals surface area (Å²) in [6.45, 7) is 5.41. The van der Waals surface area contributed by atoms with E-state index < -0.39 is 0 Å². The van der Waals surface area contributed by atoms with Crippen LogP contribution in [-0.4, -0.2) is 53.5 Å². The van der Waals surface area contributed by atoms with Gasteiger partial charge in [0.2, 0.25) is 5.91 Å². The average Bonchev–Trinajstić information content (AvgIpc) is 3.04. The summed E-state index contributed by atoms with van der Waals surface area (Å²) < 4.78 is 5.60. The van der Waals surface area contributed by atoms with Crippen LogP contribution in [0.4, 0.5) is 0 Å². The number of carbonyl (C=O) groups is 1. The van der Waals surface area contributed by atoms with E-state index in [1.165, 1.54) is 11.1 Å². The molecule has 1 fully saturated rings. The molecule has 2 aliphatic heterocycles. The summed E-state index contributed by atoms with van der Waals surface area (Å²) in [6, 6.07) is 10.5. The number of nitrogens with zero attached hydrogens (tertiary/aromatic N) is 3. The van der Waals surface area contributed by atoms with Gasteiger partial charge < -0.3 is 9.64 Å². The van der Waals surface area contributed by atoms with E-state index in [0.29, 0.717) is 6.42 Å². The highest BCUT2D eigenvalue weighted by Gasteiger charge is 2.20. The maximum atomic E-state index is 12.6. The Kier molecular flexibility index (Phi) is 5.68. The van der Waals surface area contributed by atoms with Gasteiger partial charge in [0.1, 0.15) is 5.75 Å². The van der Waals surface area contributed by atoms with Crippen molar-refractivity contribution in [3.8, 4) is 5.75 Å². The Bertz CT molecular complexity index is 778. The van der Waals surface area contributed by atoms with E-state index in [1.807, 2.05) is 23.2 Å². The topological polar surface area (TPSA) is 45.7 Å². The number of hydrogen-bond acceptors (Lipinski definition) is 4. The molecule has 1 aromatic carbocycles. The van der Waals surface area contributed by atoms with Crippen molar-refractivity contribution < 1.29 is 9.53 Å². The number of fused-ring (bicyclic) bond motifs is 1. The first-order valence-electron chi connectivity index (χ1n) is 9.91. The van der Waals surface area contributed by atoms with E-state index in [-0.39, 0.29) is 5.91 Å². The maximum Gasteiger partial charge on any atom is 0.222 e. The third-order valence-corrected chi connectivity index (χ3v) is 5.45. The number of hydrogen-bond donors (Lipinski definition) is 0. The Labute approximate surface area is 161 Å². The second-order valence-electron chi connectivity index (χ2n) is 7.41. The Morgan fingerprint density at radius 3 is 2.96 bits per heavy atom. The molecule has 0 bridgehead atoms. The van der Waals surface area contributed by atoms with Crippen LogP contribution in [0.3, 0.4) is 0 Å². The van der Waals surface area contributed by atoms with Crippen molar-refractivity contribution in [2.45, 2.75) is 32.2 Å². The van der Waals surface area contributed by atoms with Crippen LogP contribution in [0.5, 0.6) is 5.75 Å². The van der Waals surface area contributed by atoms with Gasteiger partial charge in [-0.15, -0.1) is 0 Å². The molecule has 1 saturated heterocycles. The number of aryl methyl sites for hydroxylation is 1. The zero-order chi connectivity index (χ0) is 18.5. The number of rotatable bonds is 5. The van der Waals surface area contributed by atoms with Crippen LogP contribution in [0.2, 0.25) is 0 Å². The summed E-state index contributed by atoms with van der Waals surface area (Å²) in [5.74, 6) is 1.30. The fourth-order valence-corrected chi connectivity index (χ4v) is 3.93. The minimum absolute atomic E-state index is 0.260. The molecule has 5 nitrogen and oxygen atoms in total. The Morgan fingerprint density at radius 2 is 2.07 bits per heavy atom. The van der Waals surface area contributed by atoms with Crippen LogP contribution < -0.4 is 4.74 Å². The Morgan fingerprint density at radius 1 is 1.11 bits per heavy atom. The minimum atomic E-state index is 0.260. The molecular formula is C22H27N3O2. The van der Waals surface area contributed by atoms with Crippen molar-refractivity contribution in [2.75, 3.05) is 32.8 Å². The zero-order valence-electron chi connectivity index (χ0n) is 15.8. The van der Waals surface area contributed by atoms with Crippen LogP contribution in [0.1, 0.15) is 29.5 Å². The van der Waals surface area contributed by atoms with Gasteiger partial charge in [-0.1, -0.05) is 18.2 Å². The highest BCUT2D eigenvalue weighted by molar-refractivity contribution is 5.76. The normalized spacial score (nSPS) is 17.3. The summed E-state index contributed by atoms with van der Waals surface area (Å²) in [7, 11) is 0. The van der Waals surface area contributed by atoms with Crippen molar-refractivity contribution in [1.29, 1.82) is 0 Å². The van der Waals surface area contributed by atoms with E-state index in [9.17, 15) is 4.79 Å². The number of ether oxygens (including phenoxy) is 1. The molecule has 0 unspecified atom stereocenters. The fourth-order valence-electron chi connectivity index (χ4n) is 3.93. The lowest BCUT2D eigenvalue weighted by Gasteiger charge is -2.22. The average molecular weight is 365 g/mol. The molecule has 0 saturated carbocycles. The third kappa shape index (κ3) is 4.66. The number of pyridine rings is 1. The molecule has 0 radical (unpaired) electrons. The van der Waals surface area contributed by atoms with Gasteiger partial charge in [-0.05, 0) is 41.7 Å². The van der Waals surface area contributed by atoms with Crippen LogP contribution in [0, 0.1) is 0 Å². The second-order valence-corrected chi connectivity index (χ2v) is 7.41. The summed E-state index contributed by atoms with van der Waals surface area (Å²) in [5.41, 5.74) is 3.80. The molecule has 3 heterocycles. The zero-order valence-corrected chi connectivity index (χ0v) is 15.8. The Hall–Kier alpha value is -2.40. The molecular weight excluding hydrogens is 338 g/mol. The van der Waals surface area contributed by atoms with E-state index in [0.717, 1.165) is 69.9 Å². The van der Waals surface area contributed by atoms with Crippen LogP contribution in [0.15, 0.2) is 42.7 Å². The van der Waals surface area contributed by atoms with Crippen molar-refractivity contribution in [2.24, 2.45) is 0 Å².